The van der Waals surface area contributed by atoms with Crippen molar-refractivity contribution in [3.63, 3.8) is 0 Å². The van der Waals surface area contributed by atoms with Crippen molar-refractivity contribution < 1.29 is 42.1 Å². The van der Waals surface area contributed by atoms with Crippen LogP contribution in [0.1, 0.15) is 58.2 Å². The predicted molar refractivity (Wildman–Crippen MR) is 144 cm³/mol. The zero-order valence-corrected chi connectivity index (χ0v) is 22.8. The highest BCUT2D eigenvalue weighted by Crippen LogP contribution is 2.43. The molecular weight excluding hydrogens is 543 g/mol. The molecule has 1 aliphatic rings. The topological polar surface area (TPSA) is 104 Å². The van der Waals surface area contributed by atoms with Crippen LogP contribution in [-0.4, -0.2) is 48.4 Å². The standard InChI is InChI=1S/C30H30F3NO7/c1-17(2)23-11-19-12-27(40-10-4-9-39-3)28(13-21(19)24-14-25(35)22(29(37)38)15-34(23)24)41-16-26(36)18-5-7-20(8-6-18)30(31,32)33/h5-8,12-15,17,23H,4,9-11,16H2,1-3H3,(H,37,38). The Kier molecular flexibility index (Phi) is 8.86. The van der Waals surface area contributed by atoms with Gasteiger partial charge in [-0.25, -0.2) is 4.79 Å². The molecule has 218 valence electrons. The number of ketones is 1. The van der Waals surface area contributed by atoms with Crippen molar-refractivity contribution in [2.24, 2.45) is 5.92 Å². The van der Waals surface area contributed by atoms with E-state index in [1.165, 1.54) is 12.3 Å². The monoisotopic (exact) mass is 573 g/mol. The first-order chi connectivity index (χ1) is 19.4. The molecule has 4 rings (SSSR count). The third kappa shape index (κ3) is 6.62. The van der Waals surface area contributed by atoms with Gasteiger partial charge in [-0.15, -0.1) is 0 Å². The van der Waals surface area contributed by atoms with E-state index >= 15 is 0 Å². The van der Waals surface area contributed by atoms with Crippen LogP contribution in [0.2, 0.25) is 0 Å². The summed E-state index contributed by atoms with van der Waals surface area (Å²) in [6, 6.07) is 8.44. The summed E-state index contributed by atoms with van der Waals surface area (Å²) in [5.41, 5.74) is 0.197. The number of halogens is 3. The number of carboxylic acids is 1. The molecule has 1 aromatic heterocycles. The second kappa shape index (κ2) is 12.2. The van der Waals surface area contributed by atoms with Crippen molar-refractivity contribution >= 4 is 11.8 Å². The number of carbonyl (C=O) groups is 2. The number of methoxy groups -OCH3 is 1. The molecule has 11 heteroatoms. The first kappa shape index (κ1) is 29.9. The molecule has 0 fully saturated rings. The van der Waals surface area contributed by atoms with Gasteiger partial charge in [-0.1, -0.05) is 26.0 Å². The summed E-state index contributed by atoms with van der Waals surface area (Å²) in [6.07, 6.45) is -2.05. The van der Waals surface area contributed by atoms with Crippen LogP contribution in [0.15, 0.2) is 53.5 Å². The molecule has 0 saturated heterocycles. The number of alkyl halides is 3. The number of ether oxygens (including phenoxy) is 3. The lowest BCUT2D eigenvalue weighted by atomic mass is 9.87. The molecule has 1 aliphatic heterocycles. The van der Waals surface area contributed by atoms with Crippen LogP contribution >= 0.6 is 0 Å². The number of hydrogen-bond donors (Lipinski definition) is 1. The summed E-state index contributed by atoms with van der Waals surface area (Å²) < 4.78 is 57.4. The van der Waals surface area contributed by atoms with Gasteiger partial charge in [0.25, 0.3) is 0 Å². The molecule has 0 saturated carbocycles. The lowest BCUT2D eigenvalue weighted by Crippen LogP contribution is -2.28. The number of aromatic carboxylic acids is 1. The molecule has 2 aromatic carbocycles. The first-order valence-corrected chi connectivity index (χ1v) is 13.0. The number of hydrogen-bond acceptors (Lipinski definition) is 6. The molecule has 41 heavy (non-hydrogen) atoms. The number of benzene rings is 2. The van der Waals surface area contributed by atoms with Crippen LogP contribution < -0.4 is 14.9 Å². The average Bonchev–Trinajstić information content (AvgIpc) is 2.92. The van der Waals surface area contributed by atoms with Gasteiger partial charge in [-0.3, -0.25) is 9.59 Å². The Morgan fingerprint density at radius 2 is 1.73 bits per heavy atom. The summed E-state index contributed by atoms with van der Waals surface area (Å²) >= 11 is 0. The molecule has 0 spiro atoms. The van der Waals surface area contributed by atoms with E-state index in [2.05, 4.69) is 0 Å². The fourth-order valence-electron chi connectivity index (χ4n) is 4.77. The Bertz CT molecular complexity index is 1490. The van der Waals surface area contributed by atoms with Crippen molar-refractivity contribution in [2.45, 2.75) is 38.9 Å². The molecule has 0 aliphatic carbocycles. The Hall–Kier alpha value is -4.12. The van der Waals surface area contributed by atoms with Crippen molar-refractivity contribution in [2.75, 3.05) is 26.9 Å². The van der Waals surface area contributed by atoms with Gasteiger partial charge in [0.15, 0.2) is 29.3 Å². The van der Waals surface area contributed by atoms with E-state index in [4.69, 9.17) is 14.2 Å². The van der Waals surface area contributed by atoms with Crippen molar-refractivity contribution in [1.82, 2.24) is 4.57 Å². The highest BCUT2D eigenvalue weighted by atomic mass is 19.4. The number of aromatic nitrogens is 1. The number of pyridine rings is 1. The summed E-state index contributed by atoms with van der Waals surface area (Å²) in [4.78, 5) is 37.1. The van der Waals surface area contributed by atoms with Gasteiger partial charge in [-0.2, -0.15) is 13.2 Å². The highest BCUT2D eigenvalue weighted by molar-refractivity contribution is 5.97. The van der Waals surface area contributed by atoms with E-state index in [1.807, 2.05) is 13.8 Å². The van der Waals surface area contributed by atoms with Crippen molar-refractivity contribution in [1.29, 1.82) is 0 Å². The van der Waals surface area contributed by atoms with Gasteiger partial charge in [-0.05, 0) is 42.2 Å². The Morgan fingerprint density at radius 1 is 1.05 bits per heavy atom. The van der Waals surface area contributed by atoms with Crippen molar-refractivity contribution in [3.8, 4) is 22.8 Å². The average molecular weight is 574 g/mol. The van der Waals surface area contributed by atoms with Gasteiger partial charge in [0.05, 0.1) is 17.9 Å². The molecule has 0 radical (unpaired) electrons. The molecule has 3 aromatic rings. The van der Waals surface area contributed by atoms with Crippen LogP contribution in [0.4, 0.5) is 13.2 Å². The largest absolute Gasteiger partial charge is 0.490 e. The molecule has 1 atom stereocenters. The second-order valence-electron chi connectivity index (χ2n) is 10.1. The van der Waals surface area contributed by atoms with E-state index in [0.717, 1.165) is 29.8 Å². The van der Waals surface area contributed by atoms with Crippen LogP contribution in [0.5, 0.6) is 11.5 Å². The maximum atomic E-state index is 12.9. The summed E-state index contributed by atoms with van der Waals surface area (Å²) in [5, 5.41) is 9.51. The molecule has 8 nitrogen and oxygen atoms in total. The van der Waals surface area contributed by atoms with E-state index in [-0.39, 0.29) is 28.8 Å². The van der Waals surface area contributed by atoms with Gasteiger partial charge >= 0.3 is 12.1 Å². The molecule has 0 bridgehead atoms. The third-order valence-electron chi connectivity index (χ3n) is 6.95. The molecular formula is C30H30F3NO7. The Balaban J connectivity index is 1.70. The molecule has 2 heterocycles. The maximum Gasteiger partial charge on any atom is 0.416 e. The first-order valence-electron chi connectivity index (χ1n) is 13.0. The van der Waals surface area contributed by atoms with E-state index < -0.39 is 35.5 Å². The van der Waals surface area contributed by atoms with E-state index in [1.54, 1.807) is 23.8 Å². The highest BCUT2D eigenvalue weighted by Gasteiger charge is 2.31. The van der Waals surface area contributed by atoms with Crippen LogP contribution in [0.3, 0.4) is 0 Å². The number of carbonyl (C=O) groups excluding carboxylic acids is 1. The lowest BCUT2D eigenvalue weighted by molar-refractivity contribution is -0.137. The summed E-state index contributed by atoms with van der Waals surface area (Å²) in [7, 11) is 1.57. The number of Topliss-reactive ketones (excluding diaryl/α,β-unsaturated/α-hetero) is 1. The zero-order valence-electron chi connectivity index (χ0n) is 22.8. The smallest absolute Gasteiger partial charge is 0.416 e. The minimum Gasteiger partial charge on any atom is -0.490 e. The fourth-order valence-corrected chi connectivity index (χ4v) is 4.77. The predicted octanol–water partition coefficient (Wildman–Crippen LogP) is 5.66. The number of nitrogens with zero attached hydrogens (tertiary/aromatic N) is 1. The lowest BCUT2D eigenvalue weighted by Gasteiger charge is -2.34. The number of carboxylic acid groups (broad SMARTS) is 1. The Labute approximate surface area is 234 Å². The number of rotatable bonds is 11. The fraction of sp³-hybridized carbons (Fsp3) is 0.367. The van der Waals surface area contributed by atoms with Gasteiger partial charge in [0, 0.05) is 49.6 Å². The molecule has 1 N–H and O–H groups in total. The van der Waals surface area contributed by atoms with E-state index in [0.29, 0.717) is 43.1 Å². The second-order valence-corrected chi connectivity index (χ2v) is 10.1. The molecule has 0 amide bonds. The van der Waals surface area contributed by atoms with E-state index in [9.17, 15) is 32.7 Å². The van der Waals surface area contributed by atoms with Crippen LogP contribution in [0, 0.1) is 5.92 Å². The van der Waals surface area contributed by atoms with Crippen LogP contribution in [-0.2, 0) is 17.3 Å². The van der Waals surface area contributed by atoms with Crippen LogP contribution in [0.25, 0.3) is 11.3 Å². The van der Waals surface area contributed by atoms with Gasteiger partial charge in [0.2, 0.25) is 0 Å². The molecule has 1 unspecified atom stereocenters. The van der Waals surface area contributed by atoms with Crippen molar-refractivity contribution in [3.05, 3.63) is 81.1 Å². The third-order valence-corrected chi connectivity index (χ3v) is 6.95. The normalized spacial score (nSPS) is 14.4. The van der Waals surface area contributed by atoms with Gasteiger partial charge in [0.1, 0.15) is 5.56 Å². The quantitative estimate of drug-likeness (QED) is 0.233. The summed E-state index contributed by atoms with van der Waals surface area (Å²) in [5.74, 6) is -1.19. The number of fused-ring (bicyclic) bond motifs is 3. The minimum absolute atomic E-state index is 0.0522. The van der Waals surface area contributed by atoms with Gasteiger partial charge < -0.3 is 23.9 Å². The SMILES string of the molecule is COCCCOc1cc2c(cc1OCC(=O)c1ccc(C(F)(F)F)cc1)-c1cc(=O)c(C(=O)O)cn1C(C(C)C)C2. The minimum atomic E-state index is -4.52. The maximum absolute atomic E-state index is 12.9. The Morgan fingerprint density at radius 3 is 2.34 bits per heavy atom. The summed E-state index contributed by atoms with van der Waals surface area (Å²) in [6.45, 7) is 4.29. The zero-order chi connectivity index (χ0) is 29.9.